The first-order valence-electron chi connectivity index (χ1n) is 7.61. The summed E-state index contributed by atoms with van der Waals surface area (Å²) in [4.78, 5) is 16.8. The van der Waals surface area contributed by atoms with E-state index in [4.69, 9.17) is 11.6 Å². The molecular formula is C16H18ClN3O3S. The highest BCUT2D eigenvalue weighted by molar-refractivity contribution is 7.88. The van der Waals surface area contributed by atoms with Crippen molar-refractivity contribution in [2.75, 3.05) is 26.2 Å². The number of nitrogens with one attached hydrogen (secondary N) is 1. The summed E-state index contributed by atoms with van der Waals surface area (Å²) in [5.41, 5.74) is 1.18. The van der Waals surface area contributed by atoms with Crippen LogP contribution in [0.4, 0.5) is 0 Å². The van der Waals surface area contributed by atoms with Gasteiger partial charge in [-0.2, -0.15) is 4.31 Å². The van der Waals surface area contributed by atoms with Gasteiger partial charge in [0.2, 0.25) is 10.0 Å². The van der Waals surface area contributed by atoms with E-state index in [0.29, 0.717) is 36.9 Å². The Morgan fingerprint density at radius 1 is 1.12 bits per heavy atom. The van der Waals surface area contributed by atoms with Crippen LogP contribution in [0.2, 0.25) is 5.02 Å². The SMILES string of the molecule is O=C(c1cc(Cl)c[nH]1)N1CCN(S(=O)(=O)Cc2ccccc2)CC1. The molecule has 1 aliphatic heterocycles. The number of aromatic amines is 1. The predicted octanol–water partition coefficient (Wildman–Crippen LogP) is 1.96. The molecule has 24 heavy (non-hydrogen) atoms. The first-order valence-corrected chi connectivity index (χ1v) is 9.59. The average Bonchev–Trinajstić information content (AvgIpc) is 3.01. The lowest BCUT2D eigenvalue weighted by atomic mass is 10.2. The monoisotopic (exact) mass is 367 g/mol. The quantitative estimate of drug-likeness (QED) is 0.897. The molecule has 3 rings (SSSR count). The Morgan fingerprint density at radius 2 is 1.79 bits per heavy atom. The zero-order valence-corrected chi connectivity index (χ0v) is 14.6. The first kappa shape index (κ1) is 17.0. The number of hydrogen-bond acceptors (Lipinski definition) is 3. The zero-order valence-electron chi connectivity index (χ0n) is 13.0. The zero-order chi connectivity index (χ0) is 17.2. The Kier molecular flexibility index (Phi) is 4.93. The summed E-state index contributed by atoms with van der Waals surface area (Å²) in [5, 5.41) is 0.474. The van der Waals surface area contributed by atoms with Crippen LogP contribution < -0.4 is 0 Å². The number of halogens is 1. The third kappa shape index (κ3) is 3.80. The Balaban J connectivity index is 1.61. The van der Waals surface area contributed by atoms with Crippen molar-refractivity contribution in [3.8, 4) is 0 Å². The maximum absolute atomic E-state index is 12.5. The Labute approximate surface area is 146 Å². The largest absolute Gasteiger partial charge is 0.356 e. The number of benzene rings is 1. The first-order chi connectivity index (χ1) is 11.5. The maximum atomic E-state index is 12.5. The van der Waals surface area contributed by atoms with Gasteiger partial charge in [-0.3, -0.25) is 4.79 Å². The van der Waals surface area contributed by atoms with Gasteiger partial charge in [-0.1, -0.05) is 41.9 Å². The summed E-state index contributed by atoms with van der Waals surface area (Å²) in [7, 11) is -3.38. The van der Waals surface area contributed by atoms with Crippen LogP contribution in [-0.2, 0) is 15.8 Å². The third-order valence-electron chi connectivity index (χ3n) is 3.99. The molecule has 0 unspecified atom stereocenters. The van der Waals surface area contributed by atoms with Gasteiger partial charge >= 0.3 is 0 Å². The van der Waals surface area contributed by atoms with E-state index < -0.39 is 10.0 Å². The summed E-state index contributed by atoms with van der Waals surface area (Å²) >= 11 is 5.81. The predicted molar refractivity (Wildman–Crippen MR) is 92.3 cm³/mol. The Bertz CT molecular complexity index is 812. The lowest BCUT2D eigenvalue weighted by Crippen LogP contribution is -2.50. The van der Waals surface area contributed by atoms with Crippen LogP contribution in [0.15, 0.2) is 42.6 Å². The molecule has 1 saturated heterocycles. The van der Waals surface area contributed by atoms with Crippen LogP contribution in [-0.4, -0.2) is 54.7 Å². The van der Waals surface area contributed by atoms with E-state index in [-0.39, 0.29) is 11.7 Å². The molecule has 1 fully saturated rings. The molecule has 0 radical (unpaired) electrons. The van der Waals surface area contributed by atoms with Gasteiger partial charge in [0, 0.05) is 32.4 Å². The summed E-state index contributed by atoms with van der Waals surface area (Å²) in [6, 6.07) is 10.7. The van der Waals surface area contributed by atoms with Crippen molar-refractivity contribution in [1.82, 2.24) is 14.2 Å². The molecule has 2 heterocycles. The second-order valence-corrected chi connectivity index (χ2v) is 8.07. The number of sulfonamides is 1. The number of amides is 1. The molecule has 128 valence electrons. The van der Waals surface area contributed by atoms with Gasteiger partial charge in [0.15, 0.2) is 0 Å². The summed E-state index contributed by atoms with van der Waals surface area (Å²) in [6.07, 6.45) is 1.55. The van der Waals surface area contributed by atoms with Crippen LogP contribution in [0, 0.1) is 0 Å². The molecule has 1 N–H and O–H groups in total. The minimum atomic E-state index is -3.38. The van der Waals surface area contributed by atoms with Crippen molar-refractivity contribution in [2.24, 2.45) is 0 Å². The van der Waals surface area contributed by atoms with Gasteiger partial charge in [0.25, 0.3) is 5.91 Å². The van der Waals surface area contributed by atoms with Crippen molar-refractivity contribution in [2.45, 2.75) is 5.75 Å². The standard InChI is InChI=1S/C16H18ClN3O3S/c17-14-10-15(18-11-14)16(21)19-6-8-20(9-7-19)24(22,23)12-13-4-2-1-3-5-13/h1-5,10-11,18H,6-9,12H2. The topological polar surface area (TPSA) is 73.5 Å². The third-order valence-corrected chi connectivity index (χ3v) is 6.06. The van der Waals surface area contributed by atoms with Crippen LogP contribution in [0.5, 0.6) is 0 Å². The number of carbonyl (C=O) groups excluding carboxylic acids is 1. The molecule has 0 aliphatic carbocycles. The van der Waals surface area contributed by atoms with Crippen molar-refractivity contribution in [1.29, 1.82) is 0 Å². The normalized spacial score (nSPS) is 16.3. The molecule has 0 atom stereocenters. The number of aromatic nitrogens is 1. The smallest absolute Gasteiger partial charge is 0.270 e. The molecule has 2 aromatic rings. The highest BCUT2D eigenvalue weighted by Crippen LogP contribution is 2.16. The Morgan fingerprint density at radius 3 is 2.38 bits per heavy atom. The second kappa shape index (κ2) is 6.96. The molecule has 0 saturated carbocycles. The minimum absolute atomic E-state index is 0.0198. The van der Waals surface area contributed by atoms with E-state index in [2.05, 4.69) is 4.98 Å². The summed E-state index contributed by atoms with van der Waals surface area (Å²) in [5.74, 6) is -0.185. The fourth-order valence-electron chi connectivity index (χ4n) is 2.71. The van der Waals surface area contributed by atoms with E-state index >= 15 is 0 Å². The van der Waals surface area contributed by atoms with Gasteiger partial charge < -0.3 is 9.88 Å². The fourth-order valence-corrected chi connectivity index (χ4v) is 4.39. The molecule has 0 bridgehead atoms. The lowest BCUT2D eigenvalue weighted by Gasteiger charge is -2.33. The van der Waals surface area contributed by atoms with Crippen molar-refractivity contribution in [3.05, 3.63) is 58.9 Å². The minimum Gasteiger partial charge on any atom is -0.356 e. The van der Waals surface area contributed by atoms with Gasteiger partial charge in [-0.15, -0.1) is 0 Å². The van der Waals surface area contributed by atoms with Gasteiger partial charge in [-0.05, 0) is 11.6 Å². The molecule has 0 spiro atoms. The van der Waals surface area contributed by atoms with Crippen molar-refractivity contribution in [3.63, 3.8) is 0 Å². The molecular weight excluding hydrogens is 350 g/mol. The molecule has 8 heteroatoms. The van der Waals surface area contributed by atoms with Crippen LogP contribution >= 0.6 is 11.6 Å². The van der Waals surface area contributed by atoms with E-state index in [0.717, 1.165) is 5.56 Å². The molecule has 6 nitrogen and oxygen atoms in total. The number of carbonyl (C=O) groups is 1. The van der Waals surface area contributed by atoms with Gasteiger partial charge in [0.05, 0.1) is 10.8 Å². The lowest BCUT2D eigenvalue weighted by molar-refractivity contribution is 0.0692. The number of rotatable bonds is 4. The maximum Gasteiger partial charge on any atom is 0.270 e. The van der Waals surface area contributed by atoms with E-state index in [1.807, 2.05) is 18.2 Å². The number of piperazine rings is 1. The molecule has 1 aromatic heterocycles. The highest BCUT2D eigenvalue weighted by Gasteiger charge is 2.29. The van der Waals surface area contributed by atoms with Gasteiger partial charge in [0.1, 0.15) is 5.69 Å². The second-order valence-electron chi connectivity index (χ2n) is 5.66. The number of H-pyrrole nitrogens is 1. The molecule has 1 aliphatic rings. The number of hydrogen-bond donors (Lipinski definition) is 1. The molecule has 1 aromatic carbocycles. The van der Waals surface area contributed by atoms with Crippen molar-refractivity contribution >= 4 is 27.5 Å². The fraction of sp³-hybridized carbons (Fsp3) is 0.312. The number of nitrogens with zero attached hydrogens (tertiary/aromatic N) is 2. The molecule has 1 amide bonds. The summed E-state index contributed by atoms with van der Waals surface area (Å²) in [6.45, 7) is 1.33. The van der Waals surface area contributed by atoms with Crippen LogP contribution in [0.25, 0.3) is 0 Å². The van der Waals surface area contributed by atoms with Crippen LogP contribution in [0.1, 0.15) is 16.1 Å². The van der Waals surface area contributed by atoms with Gasteiger partial charge in [-0.25, -0.2) is 8.42 Å². The van der Waals surface area contributed by atoms with E-state index in [1.54, 1.807) is 29.3 Å². The average molecular weight is 368 g/mol. The van der Waals surface area contributed by atoms with Crippen molar-refractivity contribution < 1.29 is 13.2 Å². The van der Waals surface area contributed by atoms with Crippen LogP contribution in [0.3, 0.4) is 0 Å². The summed E-state index contributed by atoms with van der Waals surface area (Å²) < 4.78 is 26.5. The van der Waals surface area contributed by atoms with E-state index in [1.165, 1.54) is 4.31 Å². The highest BCUT2D eigenvalue weighted by atomic mass is 35.5. The van der Waals surface area contributed by atoms with E-state index in [9.17, 15) is 13.2 Å². The Hall–Kier alpha value is -1.83.